The fourth-order valence-electron chi connectivity index (χ4n) is 2.78. The van der Waals surface area contributed by atoms with Crippen LogP contribution in [0.3, 0.4) is 0 Å². The molecule has 1 aromatic heterocycles. The first-order chi connectivity index (χ1) is 9.91. The highest BCUT2D eigenvalue weighted by Gasteiger charge is 2.29. The fraction of sp³-hybridized carbons (Fsp3) is 0.462. The summed E-state index contributed by atoms with van der Waals surface area (Å²) in [5.74, 6) is -1.39. The molecule has 0 bridgehead atoms. The van der Waals surface area contributed by atoms with Gasteiger partial charge < -0.3 is 4.57 Å². The molecule has 0 radical (unpaired) electrons. The van der Waals surface area contributed by atoms with Crippen molar-refractivity contribution in [1.82, 2.24) is 9.55 Å². The second-order valence-corrected chi connectivity index (χ2v) is 7.77. The highest BCUT2D eigenvalue weighted by molar-refractivity contribution is 7.91. The highest BCUT2D eigenvalue weighted by atomic mass is 35.5. The van der Waals surface area contributed by atoms with Gasteiger partial charge in [0.2, 0.25) is 0 Å². The van der Waals surface area contributed by atoms with Gasteiger partial charge in [0.1, 0.15) is 11.3 Å². The Morgan fingerprint density at radius 2 is 2.14 bits per heavy atom. The van der Waals surface area contributed by atoms with Crippen molar-refractivity contribution in [1.29, 1.82) is 0 Å². The molecule has 2 aromatic rings. The molecule has 21 heavy (non-hydrogen) atoms. The minimum atomic E-state index is -3.02. The summed E-state index contributed by atoms with van der Waals surface area (Å²) < 4.78 is 52.0. The number of rotatable bonds is 3. The third-order valence-corrected chi connectivity index (χ3v) is 5.84. The average molecular weight is 335 g/mol. The third kappa shape index (κ3) is 2.64. The number of fused-ring (bicyclic) bond motifs is 1. The monoisotopic (exact) mass is 334 g/mol. The summed E-state index contributed by atoms with van der Waals surface area (Å²) in [6, 6.07) is 2.42. The molecule has 2 heterocycles. The molecule has 0 amide bonds. The summed E-state index contributed by atoms with van der Waals surface area (Å²) >= 11 is 5.82. The van der Waals surface area contributed by atoms with Crippen LogP contribution in [0.5, 0.6) is 0 Å². The summed E-state index contributed by atoms with van der Waals surface area (Å²) in [6.45, 7) is 0.276. The van der Waals surface area contributed by atoms with Gasteiger partial charge in [-0.2, -0.15) is 0 Å². The Kier molecular flexibility index (Phi) is 3.65. The van der Waals surface area contributed by atoms with Crippen molar-refractivity contribution in [3.8, 4) is 0 Å². The maximum absolute atomic E-state index is 14.0. The van der Waals surface area contributed by atoms with E-state index in [9.17, 15) is 17.2 Å². The van der Waals surface area contributed by atoms with E-state index < -0.39 is 21.5 Å². The van der Waals surface area contributed by atoms with E-state index in [4.69, 9.17) is 11.6 Å². The van der Waals surface area contributed by atoms with Crippen LogP contribution in [0.1, 0.15) is 12.2 Å². The van der Waals surface area contributed by atoms with Crippen LogP contribution in [-0.2, 0) is 22.3 Å². The lowest BCUT2D eigenvalue weighted by Gasteiger charge is -2.12. The van der Waals surface area contributed by atoms with E-state index in [0.717, 1.165) is 6.07 Å². The Morgan fingerprint density at radius 3 is 2.76 bits per heavy atom. The number of sulfone groups is 1. The van der Waals surface area contributed by atoms with Gasteiger partial charge in [-0.05, 0) is 24.5 Å². The molecule has 1 unspecified atom stereocenters. The molecule has 0 spiro atoms. The first kappa shape index (κ1) is 14.7. The molecule has 1 aromatic carbocycles. The van der Waals surface area contributed by atoms with Crippen LogP contribution < -0.4 is 0 Å². The van der Waals surface area contributed by atoms with Crippen molar-refractivity contribution in [3.63, 3.8) is 0 Å². The van der Waals surface area contributed by atoms with Gasteiger partial charge in [-0.25, -0.2) is 22.2 Å². The van der Waals surface area contributed by atoms with E-state index in [1.165, 1.54) is 10.6 Å². The molecule has 0 saturated carbocycles. The molecule has 0 aliphatic carbocycles. The lowest BCUT2D eigenvalue weighted by atomic mass is 10.1. The predicted molar refractivity (Wildman–Crippen MR) is 76.0 cm³/mol. The van der Waals surface area contributed by atoms with Gasteiger partial charge in [0, 0.05) is 6.54 Å². The van der Waals surface area contributed by atoms with Crippen LogP contribution in [-0.4, -0.2) is 29.5 Å². The Bertz CT molecular complexity index is 804. The SMILES string of the molecule is O=S1(=O)CCC(Cn2c(CCl)nc3ccc(F)c(F)c32)C1. The topological polar surface area (TPSA) is 52.0 Å². The molecular formula is C13H13ClF2N2O2S. The molecular weight excluding hydrogens is 322 g/mol. The second-order valence-electron chi connectivity index (χ2n) is 5.27. The molecule has 8 heteroatoms. The molecule has 0 N–H and O–H groups in total. The van der Waals surface area contributed by atoms with Gasteiger partial charge >= 0.3 is 0 Å². The van der Waals surface area contributed by atoms with Crippen molar-refractivity contribution in [2.45, 2.75) is 18.8 Å². The van der Waals surface area contributed by atoms with Crippen molar-refractivity contribution in [3.05, 3.63) is 29.6 Å². The van der Waals surface area contributed by atoms with Crippen molar-refractivity contribution in [2.24, 2.45) is 5.92 Å². The fourth-order valence-corrected chi connectivity index (χ4v) is 4.83. The Morgan fingerprint density at radius 1 is 1.38 bits per heavy atom. The van der Waals surface area contributed by atoms with Crippen molar-refractivity contribution < 1.29 is 17.2 Å². The highest BCUT2D eigenvalue weighted by Crippen LogP contribution is 2.27. The number of aromatic nitrogens is 2. The Hall–Kier alpha value is -1.21. The van der Waals surface area contributed by atoms with Gasteiger partial charge in [0.15, 0.2) is 21.5 Å². The van der Waals surface area contributed by atoms with Crippen LogP contribution >= 0.6 is 11.6 Å². The first-order valence-electron chi connectivity index (χ1n) is 6.51. The van der Waals surface area contributed by atoms with E-state index in [1.54, 1.807) is 0 Å². The quantitative estimate of drug-likeness (QED) is 0.810. The average Bonchev–Trinajstić information content (AvgIpc) is 2.95. The maximum atomic E-state index is 14.0. The minimum Gasteiger partial charge on any atom is -0.324 e. The molecule has 1 aliphatic heterocycles. The summed E-state index contributed by atoms with van der Waals surface area (Å²) in [4.78, 5) is 4.19. The molecule has 3 rings (SSSR count). The maximum Gasteiger partial charge on any atom is 0.184 e. The molecule has 1 aliphatic rings. The number of hydrogen-bond donors (Lipinski definition) is 0. The minimum absolute atomic E-state index is 0.0508. The molecule has 114 valence electrons. The number of nitrogens with zero attached hydrogens (tertiary/aromatic N) is 2. The summed E-state index contributed by atoms with van der Waals surface area (Å²) in [7, 11) is -3.02. The van der Waals surface area contributed by atoms with Gasteiger partial charge in [0.25, 0.3) is 0 Å². The van der Waals surface area contributed by atoms with E-state index in [0.29, 0.717) is 17.8 Å². The lowest BCUT2D eigenvalue weighted by molar-refractivity contribution is 0.476. The van der Waals surface area contributed by atoms with Crippen LogP contribution in [0.4, 0.5) is 8.78 Å². The van der Waals surface area contributed by atoms with Crippen molar-refractivity contribution >= 4 is 32.5 Å². The zero-order chi connectivity index (χ0) is 15.2. The molecule has 1 saturated heterocycles. The zero-order valence-corrected chi connectivity index (χ0v) is 12.6. The Balaban J connectivity index is 2.06. The normalized spacial score (nSPS) is 21.2. The molecule has 1 fully saturated rings. The second kappa shape index (κ2) is 5.21. The molecule has 1 atom stereocenters. The van der Waals surface area contributed by atoms with E-state index >= 15 is 0 Å². The number of hydrogen-bond acceptors (Lipinski definition) is 3. The predicted octanol–water partition coefficient (Wildman–Crippen LogP) is 2.49. The summed E-state index contributed by atoms with van der Waals surface area (Å²) in [5.41, 5.74) is 0.375. The Labute approximate surface area is 125 Å². The van der Waals surface area contributed by atoms with Crippen LogP contribution in [0.2, 0.25) is 0 Å². The largest absolute Gasteiger partial charge is 0.324 e. The van der Waals surface area contributed by atoms with Gasteiger partial charge in [-0.1, -0.05) is 0 Å². The van der Waals surface area contributed by atoms with Crippen molar-refractivity contribution in [2.75, 3.05) is 11.5 Å². The number of halogens is 3. The zero-order valence-electron chi connectivity index (χ0n) is 11.0. The molecule has 4 nitrogen and oxygen atoms in total. The first-order valence-corrected chi connectivity index (χ1v) is 8.86. The smallest absolute Gasteiger partial charge is 0.184 e. The van der Waals surface area contributed by atoms with Crippen LogP contribution in [0, 0.1) is 17.6 Å². The lowest BCUT2D eigenvalue weighted by Crippen LogP contribution is -2.15. The van der Waals surface area contributed by atoms with Gasteiger partial charge in [-0.15, -0.1) is 11.6 Å². The van der Waals surface area contributed by atoms with E-state index in [2.05, 4.69) is 4.98 Å². The van der Waals surface area contributed by atoms with E-state index in [1.807, 2.05) is 0 Å². The number of imidazole rings is 1. The van der Waals surface area contributed by atoms with Gasteiger partial charge in [0.05, 0.1) is 22.9 Å². The standard InChI is InChI=1S/C13H13ClF2N2O2S/c14-5-11-17-10-2-1-9(15)12(16)13(10)18(11)6-8-3-4-21(19,20)7-8/h1-2,8H,3-7H2. The summed E-state index contributed by atoms with van der Waals surface area (Å²) in [6.07, 6.45) is 0.515. The van der Waals surface area contributed by atoms with E-state index in [-0.39, 0.29) is 35.4 Å². The van der Waals surface area contributed by atoms with Crippen LogP contribution in [0.15, 0.2) is 12.1 Å². The summed E-state index contributed by atoms with van der Waals surface area (Å²) in [5, 5.41) is 0. The third-order valence-electron chi connectivity index (χ3n) is 3.77. The number of alkyl halides is 1. The van der Waals surface area contributed by atoms with Gasteiger partial charge in [-0.3, -0.25) is 0 Å². The van der Waals surface area contributed by atoms with Crippen LogP contribution in [0.25, 0.3) is 11.0 Å². The number of benzene rings is 1.